The lowest BCUT2D eigenvalue weighted by Crippen LogP contribution is -2.24. The fraction of sp³-hybridized carbons (Fsp3) is 0.190. The van der Waals surface area contributed by atoms with E-state index in [9.17, 15) is 4.79 Å². The van der Waals surface area contributed by atoms with Gasteiger partial charge < -0.3 is 15.4 Å². The van der Waals surface area contributed by atoms with E-state index in [1.54, 1.807) is 13.2 Å². The fourth-order valence-corrected chi connectivity index (χ4v) is 2.65. The Hall–Kier alpha value is -3.41. The van der Waals surface area contributed by atoms with E-state index in [0.29, 0.717) is 29.6 Å². The Morgan fingerprint density at radius 1 is 1.04 bits per heavy atom. The normalized spacial score (nSPS) is 10.3. The van der Waals surface area contributed by atoms with Crippen molar-refractivity contribution in [3.05, 3.63) is 77.1 Å². The molecule has 0 radical (unpaired) electrons. The Kier molecular flexibility index (Phi) is 5.66. The Morgan fingerprint density at radius 3 is 2.56 bits per heavy atom. The number of aromatic nitrogens is 2. The minimum Gasteiger partial charge on any atom is -0.495 e. The monoisotopic (exact) mass is 362 g/mol. The third-order valence-corrected chi connectivity index (χ3v) is 3.98. The molecule has 0 saturated carbocycles. The maximum atomic E-state index is 12.5. The maximum absolute atomic E-state index is 12.5. The molecule has 138 valence electrons. The number of nitrogens with zero attached hydrogens (tertiary/aromatic N) is 2. The molecule has 0 aliphatic rings. The zero-order valence-corrected chi connectivity index (χ0v) is 15.6. The summed E-state index contributed by atoms with van der Waals surface area (Å²) in [5, 5.41) is 6.03. The smallest absolute Gasteiger partial charge is 0.270 e. The number of ether oxygens (including phenoxy) is 1. The highest BCUT2D eigenvalue weighted by atomic mass is 16.5. The maximum Gasteiger partial charge on any atom is 0.270 e. The first-order valence-corrected chi connectivity index (χ1v) is 8.64. The molecule has 1 aromatic heterocycles. The molecule has 0 bridgehead atoms. The molecule has 0 atom stereocenters. The van der Waals surface area contributed by atoms with Crippen LogP contribution in [0.25, 0.3) is 0 Å². The van der Waals surface area contributed by atoms with Crippen LogP contribution in [0.1, 0.15) is 27.3 Å². The molecule has 0 aliphatic heterocycles. The molecule has 0 fully saturated rings. The zero-order chi connectivity index (χ0) is 19.2. The van der Waals surface area contributed by atoms with Crippen molar-refractivity contribution in [3.8, 4) is 5.75 Å². The second-order valence-electron chi connectivity index (χ2n) is 6.22. The molecule has 0 spiro atoms. The van der Waals surface area contributed by atoms with E-state index in [-0.39, 0.29) is 5.91 Å². The number of carbonyl (C=O) groups is 1. The van der Waals surface area contributed by atoms with Crippen LogP contribution in [0.4, 0.5) is 11.6 Å². The van der Waals surface area contributed by atoms with Crippen molar-refractivity contribution in [3.63, 3.8) is 0 Å². The second kappa shape index (κ2) is 8.31. The van der Waals surface area contributed by atoms with Crippen LogP contribution in [0.5, 0.6) is 5.75 Å². The van der Waals surface area contributed by atoms with Gasteiger partial charge in [-0.3, -0.25) is 4.79 Å². The Morgan fingerprint density at radius 2 is 1.81 bits per heavy atom. The van der Waals surface area contributed by atoms with E-state index in [0.717, 1.165) is 16.8 Å². The van der Waals surface area contributed by atoms with E-state index in [4.69, 9.17) is 4.74 Å². The van der Waals surface area contributed by atoms with Gasteiger partial charge in [-0.1, -0.05) is 36.4 Å². The number of amides is 1. The summed E-state index contributed by atoms with van der Waals surface area (Å²) in [5.74, 6) is 0.785. The molecule has 0 unspecified atom stereocenters. The number of carbonyl (C=O) groups excluding carboxylic acids is 1. The first kappa shape index (κ1) is 18.4. The van der Waals surface area contributed by atoms with Gasteiger partial charge >= 0.3 is 0 Å². The van der Waals surface area contributed by atoms with E-state index in [1.807, 2.05) is 62.4 Å². The van der Waals surface area contributed by atoms with Crippen LogP contribution < -0.4 is 15.4 Å². The predicted molar refractivity (Wildman–Crippen MR) is 105 cm³/mol. The Balaban J connectivity index is 1.78. The van der Waals surface area contributed by atoms with Gasteiger partial charge in [0.15, 0.2) is 0 Å². The van der Waals surface area contributed by atoms with Crippen LogP contribution in [-0.2, 0) is 6.54 Å². The molecule has 2 aromatic carbocycles. The highest BCUT2D eigenvalue weighted by molar-refractivity contribution is 5.92. The molecule has 1 amide bonds. The minimum absolute atomic E-state index is 0.247. The van der Waals surface area contributed by atoms with Crippen LogP contribution in [0.3, 0.4) is 0 Å². The van der Waals surface area contributed by atoms with E-state index in [2.05, 4.69) is 20.6 Å². The molecule has 6 nitrogen and oxygen atoms in total. The van der Waals surface area contributed by atoms with Crippen molar-refractivity contribution in [1.82, 2.24) is 15.3 Å². The van der Waals surface area contributed by atoms with Crippen LogP contribution in [0, 0.1) is 13.8 Å². The molecular weight excluding hydrogens is 340 g/mol. The first-order chi connectivity index (χ1) is 13.0. The topological polar surface area (TPSA) is 76.1 Å². The van der Waals surface area contributed by atoms with Crippen molar-refractivity contribution in [2.24, 2.45) is 0 Å². The lowest BCUT2D eigenvalue weighted by atomic mass is 10.2. The minimum atomic E-state index is -0.247. The molecule has 27 heavy (non-hydrogen) atoms. The summed E-state index contributed by atoms with van der Waals surface area (Å²) >= 11 is 0. The highest BCUT2D eigenvalue weighted by Crippen LogP contribution is 2.27. The van der Waals surface area contributed by atoms with Crippen LogP contribution in [-0.4, -0.2) is 23.0 Å². The molecule has 3 rings (SSSR count). The van der Waals surface area contributed by atoms with Crippen LogP contribution in [0.15, 0.2) is 54.6 Å². The van der Waals surface area contributed by atoms with Gasteiger partial charge in [-0.05, 0) is 43.2 Å². The molecule has 0 aliphatic carbocycles. The average Bonchev–Trinajstić information content (AvgIpc) is 2.66. The summed E-state index contributed by atoms with van der Waals surface area (Å²) in [6.07, 6.45) is 0. The standard InChI is InChI=1S/C21H22N4O2/c1-14-9-10-19(27-3)17(11-14)24-21-23-15(2)12-18(25-21)20(26)22-13-16-7-5-4-6-8-16/h4-12H,13H2,1-3H3,(H,22,26)(H,23,24,25). The Labute approximate surface area is 158 Å². The summed E-state index contributed by atoms with van der Waals surface area (Å²) < 4.78 is 5.37. The van der Waals surface area contributed by atoms with Gasteiger partial charge in [-0.15, -0.1) is 0 Å². The van der Waals surface area contributed by atoms with Crippen LogP contribution >= 0.6 is 0 Å². The van der Waals surface area contributed by atoms with Gasteiger partial charge in [0, 0.05) is 12.2 Å². The third kappa shape index (κ3) is 4.82. The van der Waals surface area contributed by atoms with E-state index in [1.165, 1.54) is 0 Å². The van der Waals surface area contributed by atoms with Crippen molar-refractivity contribution in [2.75, 3.05) is 12.4 Å². The van der Waals surface area contributed by atoms with Gasteiger partial charge in [-0.2, -0.15) is 0 Å². The summed E-state index contributed by atoms with van der Waals surface area (Å²) in [6.45, 7) is 4.26. The third-order valence-electron chi connectivity index (χ3n) is 3.98. The van der Waals surface area contributed by atoms with E-state index >= 15 is 0 Å². The largest absolute Gasteiger partial charge is 0.495 e. The number of aryl methyl sites for hydroxylation is 2. The van der Waals surface area contributed by atoms with Crippen molar-refractivity contribution in [2.45, 2.75) is 20.4 Å². The molecule has 6 heteroatoms. The summed E-state index contributed by atoms with van der Waals surface area (Å²) in [5.41, 5.74) is 3.86. The molecule has 3 aromatic rings. The number of anilines is 2. The van der Waals surface area contributed by atoms with E-state index < -0.39 is 0 Å². The predicted octanol–water partition coefficient (Wildman–Crippen LogP) is 3.78. The zero-order valence-electron chi connectivity index (χ0n) is 15.6. The molecule has 2 N–H and O–H groups in total. The van der Waals surface area contributed by atoms with Gasteiger partial charge in [0.25, 0.3) is 5.91 Å². The fourth-order valence-electron chi connectivity index (χ4n) is 2.65. The summed E-state index contributed by atoms with van der Waals surface area (Å²) in [7, 11) is 1.61. The first-order valence-electron chi connectivity index (χ1n) is 8.64. The molecule has 1 heterocycles. The number of methoxy groups -OCH3 is 1. The Bertz CT molecular complexity index is 942. The molecular formula is C21H22N4O2. The van der Waals surface area contributed by atoms with Gasteiger partial charge in [-0.25, -0.2) is 9.97 Å². The lowest BCUT2D eigenvalue weighted by Gasteiger charge is -2.12. The van der Waals surface area contributed by atoms with Crippen LogP contribution in [0.2, 0.25) is 0 Å². The number of nitrogens with one attached hydrogen (secondary N) is 2. The number of benzene rings is 2. The van der Waals surface area contributed by atoms with Gasteiger partial charge in [0.05, 0.1) is 12.8 Å². The lowest BCUT2D eigenvalue weighted by molar-refractivity contribution is 0.0945. The number of hydrogen-bond donors (Lipinski definition) is 2. The molecule has 0 saturated heterocycles. The van der Waals surface area contributed by atoms with Gasteiger partial charge in [0.1, 0.15) is 11.4 Å². The highest BCUT2D eigenvalue weighted by Gasteiger charge is 2.12. The van der Waals surface area contributed by atoms with Gasteiger partial charge in [0.2, 0.25) is 5.95 Å². The quantitative estimate of drug-likeness (QED) is 0.698. The number of rotatable bonds is 6. The SMILES string of the molecule is COc1ccc(C)cc1Nc1nc(C)cc(C(=O)NCc2ccccc2)n1. The van der Waals surface area contributed by atoms with Crippen molar-refractivity contribution >= 4 is 17.5 Å². The average molecular weight is 362 g/mol. The van der Waals surface area contributed by atoms with Crippen molar-refractivity contribution < 1.29 is 9.53 Å². The summed E-state index contributed by atoms with van der Waals surface area (Å²) in [4.78, 5) is 21.2. The summed E-state index contributed by atoms with van der Waals surface area (Å²) in [6, 6.07) is 17.2. The van der Waals surface area contributed by atoms with Crippen molar-refractivity contribution in [1.29, 1.82) is 0 Å². The number of hydrogen-bond acceptors (Lipinski definition) is 5. The second-order valence-corrected chi connectivity index (χ2v) is 6.22.